The van der Waals surface area contributed by atoms with Crippen molar-refractivity contribution < 1.29 is 24.5 Å². The van der Waals surface area contributed by atoms with Gasteiger partial charge in [0.1, 0.15) is 23.8 Å². The number of carboxylic acid groups (broad SMARTS) is 1. The highest BCUT2D eigenvalue weighted by atomic mass is 16.5. The summed E-state index contributed by atoms with van der Waals surface area (Å²) in [5.41, 5.74) is 3.20. The fraction of sp³-hybridized carbons (Fsp3) is 0.231. The van der Waals surface area contributed by atoms with Crippen LogP contribution in [0.15, 0.2) is 60.7 Å². The van der Waals surface area contributed by atoms with E-state index in [0.29, 0.717) is 22.7 Å². The standard InChI is InChI=1S/C26H27NO5/c1-16(2)22-14-21(10-11-23(22)28)32-25-17(3)12-20(13-18(25)4)27(15-24(29)30)26(31)19-8-6-5-7-9-19/h5-14,16,28H,15H2,1-4H3,(H,29,30). The van der Waals surface area contributed by atoms with E-state index in [1.165, 1.54) is 4.90 Å². The number of carbonyl (C=O) groups excluding carboxylic acids is 1. The first-order valence-electron chi connectivity index (χ1n) is 10.4. The van der Waals surface area contributed by atoms with Crippen LogP contribution in [0.1, 0.15) is 46.8 Å². The van der Waals surface area contributed by atoms with Crippen molar-refractivity contribution in [2.75, 3.05) is 11.4 Å². The van der Waals surface area contributed by atoms with Gasteiger partial charge in [0, 0.05) is 16.8 Å². The highest BCUT2D eigenvalue weighted by Crippen LogP contribution is 2.36. The summed E-state index contributed by atoms with van der Waals surface area (Å²) in [4.78, 5) is 25.7. The van der Waals surface area contributed by atoms with E-state index in [0.717, 1.165) is 16.7 Å². The van der Waals surface area contributed by atoms with Crippen LogP contribution in [0.2, 0.25) is 0 Å². The van der Waals surface area contributed by atoms with Crippen molar-refractivity contribution in [3.05, 3.63) is 82.9 Å². The van der Waals surface area contributed by atoms with Crippen LogP contribution in [0.4, 0.5) is 5.69 Å². The summed E-state index contributed by atoms with van der Waals surface area (Å²) in [6, 6.07) is 17.2. The van der Waals surface area contributed by atoms with Crippen molar-refractivity contribution in [3.63, 3.8) is 0 Å². The maximum Gasteiger partial charge on any atom is 0.323 e. The molecule has 0 atom stereocenters. The molecule has 3 aromatic rings. The molecule has 3 rings (SSSR count). The Morgan fingerprint density at radius 2 is 1.59 bits per heavy atom. The molecular weight excluding hydrogens is 406 g/mol. The smallest absolute Gasteiger partial charge is 0.323 e. The summed E-state index contributed by atoms with van der Waals surface area (Å²) >= 11 is 0. The van der Waals surface area contributed by atoms with Crippen LogP contribution in [0.25, 0.3) is 0 Å². The highest BCUT2D eigenvalue weighted by Gasteiger charge is 2.22. The van der Waals surface area contributed by atoms with Crippen molar-refractivity contribution in [2.45, 2.75) is 33.6 Å². The number of rotatable bonds is 7. The monoisotopic (exact) mass is 433 g/mol. The Balaban J connectivity index is 1.96. The van der Waals surface area contributed by atoms with E-state index >= 15 is 0 Å². The molecule has 0 aliphatic rings. The number of ether oxygens (including phenoxy) is 1. The largest absolute Gasteiger partial charge is 0.508 e. The fourth-order valence-corrected chi connectivity index (χ4v) is 3.57. The van der Waals surface area contributed by atoms with Crippen LogP contribution < -0.4 is 9.64 Å². The minimum atomic E-state index is -1.10. The van der Waals surface area contributed by atoms with Gasteiger partial charge in [-0.1, -0.05) is 32.0 Å². The number of phenols is 1. The first-order chi connectivity index (χ1) is 15.2. The van der Waals surface area contributed by atoms with Gasteiger partial charge in [-0.25, -0.2) is 0 Å². The molecule has 0 fully saturated rings. The lowest BCUT2D eigenvalue weighted by Crippen LogP contribution is -2.35. The van der Waals surface area contributed by atoms with Crippen molar-refractivity contribution in [3.8, 4) is 17.2 Å². The highest BCUT2D eigenvalue weighted by molar-refractivity contribution is 6.08. The van der Waals surface area contributed by atoms with E-state index in [1.807, 2.05) is 33.8 Å². The van der Waals surface area contributed by atoms with E-state index in [4.69, 9.17) is 4.74 Å². The maximum atomic E-state index is 13.0. The van der Waals surface area contributed by atoms with E-state index in [2.05, 4.69) is 0 Å². The third-order valence-electron chi connectivity index (χ3n) is 5.16. The second-order valence-corrected chi connectivity index (χ2v) is 8.04. The molecule has 2 N–H and O–H groups in total. The molecule has 0 spiro atoms. The van der Waals surface area contributed by atoms with Gasteiger partial charge < -0.3 is 14.9 Å². The van der Waals surface area contributed by atoms with Crippen LogP contribution in [-0.2, 0) is 4.79 Å². The minimum Gasteiger partial charge on any atom is -0.508 e. The Labute approximate surface area is 187 Å². The summed E-state index contributed by atoms with van der Waals surface area (Å²) < 4.78 is 6.12. The minimum absolute atomic E-state index is 0.136. The first kappa shape index (κ1) is 22.9. The van der Waals surface area contributed by atoms with Crippen LogP contribution in [0.5, 0.6) is 17.2 Å². The number of amides is 1. The van der Waals surface area contributed by atoms with Gasteiger partial charge in [0.2, 0.25) is 0 Å². The zero-order chi connectivity index (χ0) is 23.4. The Kier molecular flexibility index (Phi) is 6.83. The lowest BCUT2D eigenvalue weighted by Gasteiger charge is -2.23. The molecule has 6 heteroatoms. The van der Waals surface area contributed by atoms with E-state index in [-0.39, 0.29) is 17.6 Å². The van der Waals surface area contributed by atoms with Crippen molar-refractivity contribution >= 4 is 17.6 Å². The van der Waals surface area contributed by atoms with E-state index in [9.17, 15) is 19.8 Å². The quantitative estimate of drug-likeness (QED) is 0.502. The summed E-state index contributed by atoms with van der Waals surface area (Å²) in [6.07, 6.45) is 0. The third kappa shape index (κ3) is 5.09. The molecule has 0 unspecified atom stereocenters. The van der Waals surface area contributed by atoms with Crippen LogP contribution in [0.3, 0.4) is 0 Å². The number of aryl methyl sites for hydroxylation is 2. The number of carboxylic acids is 1. The number of aromatic hydroxyl groups is 1. The molecule has 6 nitrogen and oxygen atoms in total. The van der Waals surface area contributed by atoms with Gasteiger partial charge in [0.25, 0.3) is 5.91 Å². The average molecular weight is 434 g/mol. The van der Waals surface area contributed by atoms with Gasteiger partial charge in [0.05, 0.1) is 0 Å². The van der Waals surface area contributed by atoms with Gasteiger partial charge in [0.15, 0.2) is 0 Å². The molecule has 0 aliphatic carbocycles. The Morgan fingerprint density at radius 1 is 0.969 bits per heavy atom. The van der Waals surface area contributed by atoms with Gasteiger partial charge in [-0.3, -0.25) is 14.5 Å². The lowest BCUT2D eigenvalue weighted by molar-refractivity contribution is -0.135. The third-order valence-corrected chi connectivity index (χ3v) is 5.16. The lowest BCUT2D eigenvalue weighted by atomic mass is 10.0. The summed E-state index contributed by atoms with van der Waals surface area (Å²) in [6.45, 7) is 7.22. The van der Waals surface area contributed by atoms with E-state index in [1.54, 1.807) is 54.6 Å². The summed E-state index contributed by atoms with van der Waals surface area (Å²) in [7, 11) is 0. The molecule has 166 valence electrons. The van der Waals surface area contributed by atoms with Crippen LogP contribution in [0, 0.1) is 13.8 Å². The molecule has 3 aromatic carbocycles. The molecule has 1 amide bonds. The molecule has 0 saturated carbocycles. The predicted octanol–water partition coefficient (Wildman–Crippen LogP) is 5.66. The average Bonchev–Trinajstić information content (AvgIpc) is 2.75. The normalized spacial score (nSPS) is 10.8. The van der Waals surface area contributed by atoms with Crippen molar-refractivity contribution in [1.29, 1.82) is 0 Å². The zero-order valence-electron chi connectivity index (χ0n) is 18.6. The second-order valence-electron chi connectivity index (χ2n) is 8.04. The van der Waals surface area contributed by atoms with Gasteiger partial charge in [-0.2, -0.15) is 0 Å². The number of benzene rings is 3. The molecule has 32 heavy (non-hydrogen) atoms. The molecule has 0 heterocycles. The Hall–Kier alpha value is -3.80. The molecule has 0 saturated heterocycles. The topological polar surface area (TPSA) is 87.1 Å². The number of carbonyl (C=O) groups is 2. The van der Waals surface area contributed by atoms with Gasteiger partial charge in [-0.05, 0) is 73.4 Å². The fourth-order valence-electron chi connectivity index (χ4n) is 3.57. The number of nitrogens with zero attached hydrogens (tertiary/aromatic N) is 1. The second kappa shape index (κ2) is 9.56. The van der Waals surface area contributed by atoms with E-state index < -0.39 is 12.5 Å². The van der Waals surface area contributed by atoms with Gasteiger partial charge >= 0.3 is 5.97 Å². The molecule has 0 aromatic heterocycles. The Morgan fingerprint density at radius 3 is 2.16 bits per heavy atom. The maximum absolute atomic E-state index is 13.0. The van der Waals surface area contributed by atoms with Crippen LogP contribution in [-0.4, -0.2) is 28.6 Å². The molecular formula is C26H27NO5. The summed E-state index contributed by atoms with van der Waals surface area (Å²) in [5.74, 6) is 0.0807. The number of aliphatic carboxylic acids is 1. The number of anilines is 1. The predicted molar refractivity (Wildman–Crippen MR) is 124 cm³/mol. The van der Waals surface area contributed by atoms with Gasteiger partial charge in [-0.15, -0.1) is 0 Å². The Bertz CT molecular complexity index is 1120. The zero-order valence-corrected chi connectivity index (χ0v) is 18.6. The molecule has 0 radical (unpaired) electrons. The van der Waals surface area contributed by atoms with Crippen LogP contribution >= 0.6 is 0 Å². The number of hydrogen-bond acceptors (Lipinski definition) is 4. The van der Waals surface area contributed by atoms with Crippen molar-refractivity contribution in [2.24, 2.45) is 0 Å². The molecule has 0 aliphatic heterocycles. The molecule has 0 bridgehead atoms. The SMILES string of the molecule is Cc1cc(N(CC(=O)O)C(=O)c2ccccc2)cc(C)c1Oc1ccc(O)c(C(C)C)c1. The van der Waals surface area contributed by atoms with Crippen molar-refractivity contribution in [1.82, 2.24) is 0 Å². The summed E-state index contributed by atoms with van der Waals surface area (Å²) in [5, 5.41) is 19.4. The number of hydrogen-bond donors (Lipinski definition) is 2. The number of phenolic OH excluding ortho intramolecular Hbond substituents is 1. The first-order valence-corrected chi connectivity index (χ1v) is 10.4.